The lowest BCUT2D eigenvalue weighted by molar-refractivity contribution is 0.502. The predicted octanol–water partition coefficient (Wildman–Crippen LogP) is 3.37. The van der Waals surface area contributed by atoms with Crippen LogP contribution >= 0.6 is 0 Å². The molecule has 0 amide bonds. The highest BCUT2D eigenvalue weighted by Gasteiger charge is 2.21. The van der Waals surface area contributed by atoms with E-state index in [9.17, 15) is 4.79 Å². The lowest BCUT2D eigenvalue weighted by Gasteiger charge is -2.17. The normalized spacial score (nSPS) is 11.3. The molecule has 114 valence electrons. The van der Waals surface area contributed by atoms with Crippen LogP contribution in [-0.2, 0) is 6.54 Å². The summed E-state index contributed by atoms with van der Waals surface area (Å²) in [5, 5.41) is 0. The van der Waals surface area contributed by atoms with Crippen LogP contribution in [0, 0.1) is 13.8 Å². The molecule has 0 bridgehead atoms. The number of anilines is 1. The van der Waals surface area contributed by atoms with Crippen molar-refractivity contribution in [2.24, 2.45) is 0 Å². The van der Waals surface area contributed by atoms with Gasteiger partial charge in [-0.3, -0.25) is 9.48 Å². The summed E-state index contributed by atoms with van der Waals surface area (Å²) in [6, 6.07) is 6.13. The average molecular weight is 287 g/mol. The second-order valence-electron chi connectivity index (χ2n) is 5.98. The van der Waals surface area contributed by atoms with Gasteiger partial charge in [-0.05, 0) is 37.8 Å². The van der Waals surface area contributed by atoms with E-state index in [1.165, 1.54) is 5.56 Å². The Balaban J connectivity index is 2.79. The Morgan fingerprint density at radius 2 is 1.90 bits per heavy atom. The Hall–Kier alpha value is -1.97. The molecule has 0 saturated heterocycles. The highest BCUT2D eigenvalue weighted by Crippen LogP contribution is 2.23. The molecule has 1 aromatic heterocycles. The molecule has 21 heavy (non-hydrogen) atoms. The van der Waals surface area contributed by atoms with Crippen LogP contribution in [-0.4, -0.2) is 9.36 Å². The Labute approximate surface area is 126 Å². The van der Waals surface area contributed by atoms with Crippen molar-refractivity contribution in [3.63, 3.8) is 0 Å². The van der Waals surface area contributed by atoms with Crippen molar-refractivity contribution in [2.75, 3.05) is 5.73 Å². The van der Waals surface area contributed by atoms with Gasteiger partial charge in [0.25, 0.3) is 5.56 Å². The largest absolute Gasteiger partial charge is 0.393 e. The number of nitrogens with zero attached hydrogens (tertiary/aromatic N) is 2. The molecule has 2 rings (SSSR count). The maximum atomic E-state index is 12.6. The van der Waals surface area contributed by atoms with Crippen LogP contribution in [0.3, 0.4) is 0 Å². The van der Waals surface area contributed by atoms with E-state index < -0.39 is 0 Å². The van der Waals surface area contributed by atoms with Crippen molar-refractivity contribution < 1.29 is 0 Å². The molecule has 0 unspecified atom stereocenters. The molecule has 1 heterocycles. The van der Waals surface area contributed by atoms with Gasteiger partial charge in [0, 0.05) is 6.54 Å². The Morgan fingerprint density at radius 3 is 2.43 bits per heavy atom. The van der Waals surface area contributed by atoms with Crippen molar-refractivity contribution in [3.8, 4) is 5.69 Å². The third-order valence-electron chi connectivity index (χ3n) is 3.78. The second-order valence-corrected chi connectivity index (χ2v) is 5.98. The predicted molar refractivity (Wildman–Crippen MR) is 88.3 cm³/mol. The van der Waals surface area contributed by atoms with Gasteiger partial charge >= 0.3 is 0 Å². The third kappa shape index (κ3) is 2.62. The summed E-state index contributed by atoms with van der Waals surface area (Å²) in [5.74, 6) is 0.219. The smallest absolute Gasteiger partial charge is 0.294 e. The first-order valence-corrected chi connectivity index (χ1v) is 7.57. The first kappa shape index (κ1) is 15.4. The van der Waals surface area contributed by atoms with Gasteiger partial charge < -0.3 is 5.73 Å². The zero-order valence-electron chi connectivity index (χ0n) is 13.6. The highest BCUT2D eigenvalue weighted by molar-refractivity contribution is 5.49. The van der Waals surface area contributed by atoms with Crippen molar-refractivity contribution >= 4 is 5.69 Å². The summed E-state index contributed by atoms with van der Waals surface area (Å²) >= 11 is 0. The fraction of sp³-hybridized carbons (Fsp3) is 0.471. The number of hydrogen-bond donors (Lipinski definition) is 1. The van der Waals surface area contributed by atoms with Crippen molar-refractivity contribution in [1.82, 2.24) is 9.36 Å². The summed E-state index contributed by atoms with van der Waals surface area (Å²) in [7, 11) is 0. The van der Waals surface area contributed by atoms with Crippen LogP contribution in [0.15, 0.2) is 23.0 Å². The monoisotopic (exact) mass is 287 g/mol. The lowest BCUT2D eigenvalue weighted by Crippen LogP contribution is -2.23. The standard InChI is InChI=1S/C17H25N3O/c1-6-9-19-16(11(2)3)15(18)17(21)20(19)14-8-7-12(4)10-13(14)5/h7-8,10-11H,6,9,18H2,1-5H3. The third-order valence-corrected chi connectivity index (χ3v) is 3.78. The Bertz CT molecular complexity index is 708. The molecule has 2 aromatic rings. The zero-order chi connectivity index (χ0) is 15.7. The van der Waals surface area contributed by atoms with E-state index in [2.05, 4.69) is 33.8 Å². The van der Waals surface area contributed by atoms with Gasteiger partial charge in [0.05, 0.1) is 11.4 Å². The molecule has 1 aromatic carbocycles. The number of nitrogen functional groups attached to an aromatic ring is 1. The van der Waals surface area contributed by atoms with Crippen LogP contribution in [0.25, 0.3) is 5.69 Å². The van der Waals surface area contributed by atoms with E-state index in [0.29, 0.717) is 5.69 Å². The maximum Gasteiger partial charge on any atom is 0.294 e. The van der Waals surface area contributed by atoms with Gasteiger partial charge in [0.2, 0.25) is 0 Å². The molecule has 0 fully saturated rings. The number of aromatic nitrogens is 2. The minimum Gasteiger partial charge on any atom is -0.393 e. The highest BCUT2D eigenvalue weighted by atomic mass is 16.1. The van der Waals surface area contributed by atoms with Crippen LogP contribution in [0.5, 0.6) is 0 Å². The van der Waals surface area contributed by atoms with Crippen LogP contribution in [0.4, 0.5) is 5.69 Å². The van der Waals surface area contributed by atoms with E-state index in [1.54, 1.807) is 4.68 Å². The van der Waals surface area contributed by atoms with Crippen molar-refractivity contribution in [2.45, 2.75) is 53.5 Å². The molecule has 0 atom stereocenters. The number of nitrogens with two attached hydrogens (primary N) is 1. The molecule has 2 N–H and O–H groups in total. The first-order chi connectivity index (χ1) is 9.88. The Kier molecular flexibility index (Phi) is 4.26. The first-order valence-electron chi connectivity index (χ1n) is 7.57. The molecular formula is C17H25N3O. The SMILES string of the molecule is CCCn1c(C(C)C)c(N)c(=O)n1-c1ccc(C)cc1C. The fourth-order valence-corrected chi connectivity index (χ4v) is 2.90. The topological polar surface area (TPSA) is 52.9 Å². The summed E-state index contributed by atoms with van der Waals surface area (Å²) in [6.07, 6.45) is 0.957. The number of benzene rings is 1. The molecule has 0 aliphatic carbocycles. The number of hydrogen-bond acceptors (Lipinski definition) is 2. The van der Waals surface area contributed by atoms with Gasteiger partial charge in [-0.2, -0.15) is 0 Å². The van der Waals surface area contributed by atoms with Crippen LogP contribution in [0.2, 0.25) is 0 Å². The molecule has 0 saturated carbocycles. The van der Waals surface area contributed by atoms with Crippen LogP contribution in [0.1, 0.15) is 49.9 Å². The van der Waals surface area contributed by atoms with Crippen LogP contribution < -0.4 is 11.3 Å². The molecule has 4 heteroatoms. The summed E-state index contributed by atoms with van der Waals surface area (Å²) in [4.78, 5) is 12.6. The van der Waals surface area contributed by atoms with E-state index >= 15 is 0 Å². The van der Waals surface area contributed by atoms with Crippen molar-refractivity contribution in [1.29, 1.82) is 0 Å². The maximum absolute atomic E-state index is 12.6. The molecular weight excluding hydrogens is 262 g/mol. The quantitative estimate of drug-likeness (QED) is 0.937. The van der Waals surface area contributed by atoms with Gasteiger partial charge in [-0.25, -0.2) is 4.68 Å². The zero-order valence-corrected chi connectivity index (χ0v) is 13.6. The van der Waals surface area contributed by atoms with E-state index in [4.69, 9.17) is 5.73 Å². The van der Waals surface area contributed by atoms with Gasteiger partial charge in [-0.1, -0.05) is 38.5 Å². The molecule has 0 aliphatic heterocycles. The van der Waals surface area contributed by atoms with E-state index in [0.717, 1.165) is 29.9 Å². The number of aryl methyl sites for hydroxylation is 2. The molecule has 4 nitrogen and oxygen atoms in total. The minimum atomic E-state index is -0.112. The Morgan fingerprint density at radius 1 is 1.24 bits per heavy atom. The average Bonchev–Trinajstić information content (AvgIpc) is 2.63. The molecule has 0 radical (unpaired) electrons. The van der Waals surface area contributed by atoms with Gasteiger partial charge in [0.15, 0.2) is 0 Å². The fourth-order valence-electron chi connectivity index (χ4n) is 2.90. The summed E-state index contributed by atoms with van der Waals surface area (Å²) in [5.41, 5.74) is 10.5. The van der Waals surface area contributed by atoms with E-state index in [1.807, 2.05) is 23.7 Å². The van der Waals surface area contributed by atoms with E-state index in [-0.39, 0.29) is 11.5 Å². The molecule has 0 aliphatic rings. The molecule has 0 spiro atoms. The van der Waals surface area contributed by atoms with Crippen molar-refractivity contribution in [3.05, 3.63) is 45.4 Å². The summed E-state index contributed by atoms with van der Waals surface area (Å²) < 4.78 is 3.78. The lowest BCUT2D eigenvalue weighted by atomic mass is 10.1. The minimum absolute atomic E-state index is 0.112. The number of rotatable bonds is 4. The van der Waals surface area contributed by atoms with Gasteiger partial charge in [0.1, 0.15) is 5.69 Å². The van der Waals surface area contributed by atoms with Gasteiger partial charge in [-0.15, -0.1) is 0 Å². The summed E-state index contributed by atoms with van der Waals surface area (Å²) in [6.45, 7) is 11.1. The second kappa shape index (κ2) is 5.80.